The molecule has 0 saturated carbocycles. The predicted octanol–water partition coefficient (Wildman–Crippen LogP) is 1.67. The van der Waals surface area contributed by atoms with Crippen LogP contribution in [0.15, 0.2) is 30.5 Å². The molecule has 1 aromatic carbocycles. The van der Waals surface area contributed by atoms with Crippen molar-refractivity contribution in [1.82, 2.24) is 0 Å². The lowest BCUT2D eigenvalue weighted by Gasteiger charge is -2.08. The van der Waals surface area contributed by atoms with E-state index in [1.807, 2.05) is 0 Å². The monoisotopic (exact) mass is 192 g/mol. The number of hydrogen-bond donors (Lipinski definition) is 1. The van der Waals surface area contributed by atoms with Crippen LogP contribution in [0.3, 0.4) is 0 Å². The van der Waals surface area contributed by atoms with Crippen molar-refractivity contribution in [2.24, 2.45) is 0 Å². The summed E-state index contributed by atoms with van der Waals surface area (Å²) in [5, 5.41) is 8.87. The van der Waals surface area contributed by atoms with Crippen molar-refractivity contribution in [1.29, 1.82) is 0 Å². The summed E-state index contributed by atoms with van der Waals surface area (Å²) in [4.78, 5) is 10.8. The zero-order valence-corrected chi connectivity index (χ0v) is 7.27. The second-order valence-electron chi connectivity index (χ2n) is 2.74. The highest BCUT2D eigenvalue weighted by Crippen LogP contribution is 2.32. The first-order valence-electron chi connectivity index (χ1n) is 4.10. The fourth-order valence-corrected chi connectivity index (χ4v) is 1.21. The molecule has 4 nitrogen and oxygen atoms in total. The molecule has 1 heterocycles. The van der Waals surface area contributed by atoms with Gasteiger partial charge in [0.15, 0.2) is 11.5 Å². The lowest BCUT2D eigenvalue weighted by Crippen LogP contribution is -2.01. The SMILES string of the molecule is O=C(O)c1cccc2c1OC=CCO2. The molecular formula is C10H8O4. The van der Waals surface area contributed by atoms with Crippen LogP contribution in [0.5, 0.6) is 11.5 Å². The van der Waals surface area contributed by atoms with Crippen molar-refractivity contribution < 1.29 is 19.4 Å². The van der Waals surface area contributed by atoms with Gasteiger partial charge in [0, 0.05) is 0 Å². The summed E-state index contributed by atoms with van der Waals surface area (Å²) in [5.74, 6) is -0.315. The lowest BCUT2D eigenvalue weighted by atomic mass is 10.2. The van der Waals surface area contributed by atoms with Crippen LogP contribution in [0.4, 0.5) is 0 Å². The summed E-state index contributed by atoms with van der Waals surface area (Å²) in [6, 6.07) is 4.77. The molecular weight excluding hydrogens is 184 g/mol. The van der Waals surface area contributed by atoms with Crippen molar-refractivity contribution in [3.8, 4) is 11.5 Å². The molecule has 0 aromatic heterocycles. The third-order valence-corrected chi connectivity index (χ3v) is 1.83. The van der Waals surface area contributed by atoms with E-state index in [0.29, 0.717) is 12.4 Å². The summed E-state index contributed by atoms with van der Waals surface area (Å²) < 4.78 is 10.4. The highest BCUT2D eigenvalue weighted by Gasteiger charge is 2.16. The van der Waals surface area contributed by atoms with Gasteiger partial charge >= 0.3 is 5.97 Å². The third kappa shape index (κ3) is 1.42. The normalized spacial score (nSPS) is 13.4. The van der Waals surface area contributed by atoms with Crippen LogP contribution in [0.25, 0.3) is 0 Å². The van der Waals surface area contributed by atoms with E-state index in [1.165, 1.54) is 12.3 Å². The van der Waals surface area contributed by atoms with Crippen molar-refractivity contribution in [3.05, 3.63) is 36.1 Å². The van der Waals surface area contributed by atoms with E-state index in [4.69, 9.17) is 14.6 Å². The number of aromatic carboxylic acids is 1. The van der Waals surface area contributed by atoms with Crippen LogP contribution in [-0.4, -0.2) is 17.7 Å². The Morgan fingerprint density at radius 1 is 1.43 bits per heavy atom. The van der Waals surface area contributed by atoms with Crippen LogP contribution in [-0.2, 0) is 0 Å². The van der Waals surface area contributed by atoms with Gasteiger partial charge < -0.3 is 14.6 Å². The number of rotatable bonds is 1. The molecule has 0 radical (unpaired) electrons. The first kappa shape index (κ1) is 8.62. The maximum atomic E-state index is 10.8. The second-order valence-corrected chi connectivity index (χ2v) is 2.74. The molecule has 4 heteroatoms. The third-order valence-electron chi connectivity index (χ3n) is 1.83. The molecule has 1 N–H and O–H groups in total. The molecule has 0 spiro atoms. The molecule has 0 saturated heterocycles. The smallest absolute Gasteiger partial charge is 0.339 e. The van der Waals surface area contributed by atoms with Crippen molar-refractivity contribution in [2.75, 3.05) is 6.61 Å². The topological polar surface area (TPSA) is 55.8 Å². The number of benzene rings is 1. The van der Waals surface area contributed by atoms with Crippen molar-refractivity contribution >= 4 is 5.97 Å². The standard InChI is InChI=1S/C10H8O4/c11-10(12)7-3-1-4-8-9(7)14-6-2-5-13-8/h1-4,6H,5H2,(H,11,12). The summed E-state index contributed by atoms with van der Waals surface area (Å²) in [6.07, 6.45) is 3.10. The number of carboxylic acids is 1. The minimum absolute atomic E-state index is 0.106. The van der Waals surface area contributed by atoms with Gasteiger partial charge in [0.1, 0.15) is 12.2 Å². The van der Waals surface area contributed by atoms with Crippen LogP contribution in [0.2, 0.25) is 0 Å². The van der Waals surface area contributed by atoms with Gasteiger partial charge in [-0.05, 0) is 18.2 Å². The summed E-state index contributed by atoms with van der Waals surface area (Å²) in [5.41, 5.74) is 0.106. The first-order chi connectivity index (χ1) is 6.79. The summed E-state index contributed by atoms with van der Waals surface area (Å²) >= 11 is 0. The van der Waals surface area contributed by atoms with Gasteiger partial charge in [0.2, 0.25) is 0 Å². The Kier molecular flexibility index (Phi) is 2.10. The number of para-hydroxylation sites is 1. The molecule has 72 valence electrons. The van der Waals surface area contributed by atoms with E-state index in [1.54, 1.807) is 18.2 Å². The van der Waals surface area contributed by atoms with Gasteiger partial charge in [-0.3, -0.25) is 0 Å². The number of carboxylic acid groups (broad SMARTS) is 1. The Bertz CT molecular complexity index is 395. The van der Waals surface area contributed by atoms with Gasteiger partial charge in [0.05, 0.1) is 6.26 Å². The van der Waals surface area contributed by atoms with Gasteiger partial charge in [0.25, 0.3) is 0 Å². The number of carbonyl (C=O) groups is 1. The zero-order chi connectivity index (χ0) is 9.97. The largest absolute Gasteiger partial charge is 0.485 e. The summed E-state index contributed by atoms with van der Waals surface area (Å²) in [7, 11) is 0. The van der Waals surface area contributed by atoms with Crippen LogP contribution >= 0.6 is 0 Å². The van der Waals surface area contributed by atoms with E-state index >= 15 is 0 Å². The highest BCUT2D eigenvalue weighted by atomic mass is 16.5. The fourth-order valence-electron chi connectivity index (χ4n) is 1.21. The molecule has 0 unspecified atom stereocenters. The van der Waals surface area contributed by atoms with Gasteiger partial charge in [-0.15, -0.1) is 0 Å². The van der Waals surface area contributed by atoms with Gasteiger partial charge in [-0.2, -0.15) is 0 Å². The van der Waals surface area contributed by atoms with E-state index in [0.717, 1.165) is 0 Å². The highest BCUT2D eigenvalue weighted by molar-refractivity contribution is 5.92. The molecule has 2 rings (SSSR count). The maximum absolute atomic E-state index is 10.8. The van der Waals surface area contributed by atoms with E-state index in [2.05, 4.69) is 0 Å². The maximum Gasteiger partial charge on any atom is 0.339 e. The Balaban J connectivity index is 2.53. The lowest BCUT2D eigenvalue weighted by molar-refractivity contribution is 0.0693. The minimum atomic E-state index is -1.03. The van der Waals surface area contributed by atoms with Crippen molar-refractivity contribution in [2.45, 2.75) is 0 Å². The second kappa shape index (κ2) is 3.41. The van der Waals surface area contributed by atoms with E-state index < -0.39 is 5.97 Å². The Hall–Kier alpha value is -1.97. The van der Waals surface area contributed by atoms with Crippen molar-refractivity contribution in [3.63, 3.8) is 0 Å². The minimum Gasteiger partial charge on any atom is -0.485 e. The average molecular weight is 192 g/mol. The van der Waals surface area contributed by atoms with Crippen LogP contribution in [0, 0.1) is 0 Å². The molecule has 1 aromatic rings. The molecule has 0 fully saturated rings. The quantitative estimate of drug-likeness (QED) is 0.735. The van der Waals surface area contributed by atoms with E-state index in [-0.39, 0.29) is 11.3 Å². The fraction of sp³-hybridized carbons (Fsp3) is 0.100. The molecule has 0 amide bonds. The Labute approximate surface area is 80.4 Å². The zero-order valence-electron chi connectivity index (χ0n) is 7.27. The van der Waals surface area contributed by atoms with Crippen LogP contribution < -0.4 is 9.47 Å². The molecule has 0 bridgehead atoms. The first-order valence-corrected chi connectivity index (χ1v) is 4.10. The summed E-state index contributed by atoms with van der Waals surface area (Å²) in [6.45, 7) is 0.385. The predicted molar refractivity (Wildman–Crippen MR) is 48.7 cm³/mol. The molecule has 0 aliphatic carbocycles. The van der Waals surface area contributed by atoms with E-state index in [9.17, 15) is 4.79 Å². The number of fused-ring (bicyclic) bond motifs is 1. The van der Waals surface area contributed by atoms with Crippen LogP contribution in [0.1, 0.15) is 10.4 Å². The number of hydrogen-bond acceptors (Lipinski definition) is 3. The number of ether oxygens (including phenoxy) is 2. The molecule has 0 atom stereocenters. The molecule has 14 heavy (non-hydrogen) atoms. The average Bonchev–Trinajstić information content (AvgIpc) is 2.41. The molecule has 1 aliphatic rings. The molecule has 1 aliphatic heterocycles. The Morgan fingerprint density at radius 2 is 2.29 bits per heavy atom. The Morgan fingerprint density at radius 3 is 3.07 bits per heavy atom. The van der Waals surface area contributed by atoms with Gasteiger partial charge in [-0.25, -0.2) is 4.79 Å². The van der Waals surface area contributed by atoms with Gasteiger partial charge in [-0.1, -0.05) is 6.07 Å².